The third-order valence-electron chi connectivity index (χ3n) is 2.33. The first-order valence-corrected chi connectivity index (χ1v) is 4.73. The van der Waals surface area contributed by atoms with Crippen LogP contribution in [0.2, 0.25) is 0 Å². The van der Waals surface area contributed by atoms with Crippen molar-refractivity contribution in [2.24, 2.45) is 0 Å². The van der Waals surface area contributed by atoms with E-state index >= 15 is 0 Å². The van der Waals surface area contributed by atoms with Crippen LogP contribution in [0.3, 0.4) is 0 Å². The summed E-state index contributed by atoms with van der Waals surface area (Å²) in [6, 6.07) is 0. The van der Waals surface area contributed by atoms with Crippen LogP contribution >= 0.6 is 0 Å². The third-order valence-corrected chi connectivity index (χ3v) is 2.33. The Balaban J connectivity index is 2.45. The lowest BCUT2D eigenvalue weighted by molar-refractivity contribution is -0.155. The number of aliphatic hydroxyl groups is 2. The van der Waals surface area contributed by atoms with Crippen molar-refractivity contribution in [1.29, 1.82) is 0 Å². The number of carbonyl (C=O) groups is 1. The van der Waals surface area contributed by atoms with Gasteiger partial charge in [0.1, 0.15) is 6.10 Å². The van der Waals surface area contributed by atoms with Gasteiger partial charge in [0.25, 0.3) is 0 Å². The average molecular weight is 200 g/mol. The molecule has 3 unspecified atom stereocenters. The molecule has 0 aliphatic heterocycles. The molecular weight excluding hydrogens is 184 g/mol. The smallest absolute Gasteiger partial charge is 0.333 e. The van der Waals surface area contributed by atoms with Gasteiger partial charge in [-0.05, 0) is 19.8 Å². The molecule has 0 aromatic carbocycles. The highest BCUT2D eigenvalue weighted by molar-refractivity contribution is 5.87. The molecule has 0 aromatic heterocycles. The largest absolute Gasteiger partial charge is 0.456 e. The molecule has 0 saturated heterocycles. The van der Waals surface area contributed by atoms with Gasteiger partial charge in [-0.15, -0.1) is 0 Å². The van der Waals surface area contributed by atoms with Crippen LogP contribution in [-0.2, 0) is 9.53 Å². The number of esters is 1. The zero-order chi connectivity index (χ0) is 10.7. The molecule has 1 aliphatic rings. The molecule has 0 aromatic rings. The predicted molar refractivity (Wildman–Crippen MR) is 50.6 cm³/mol. The van der Waals surface area contributed by atoms with E-state index in [0.717, 1.165) is 0 Å². The molecule has 0 spiro atoms. The summed E-state index contributed by atoms with van der Waals surface area (Å²) >= 11 is 0. The van der Waals surface area contributed by atoms with Gasteiger partial charge in [0.15, 0.2) is 0 Å². The topological polar surface area (TPSA) is 66.8 Å². The van der Waals surface area contributed by atoms with E-state index in [-0.39, 0.29) is 6.42 Å². The second-order valence-corrected chi connectivity index (χ2v) is 3.76. The van der Waals surface area contributed by atoms with E-state index in [0.29, 0.717) is 18.4 Å². The molecule has 0 heterocycles. The number of hydrogen-bond acceptors (Lipinski definition) is 4. The molecule has 14 heavy (non-hydrogen) atoms. The summed E-state index contributed by atoms with van der Waals surface area (Å²) in [4.78, 5) is 11.1. The Morgan fingerprint density at radius 2 is 2.07 bits per heavy atom. The van der Waals surface area contributed by atoms with E-state index in [4.69, 9.17) is 4.74 Å². The Bertz CT molecular complexity index is 236. The molecule has 0 bridgehead atoms. The highest BCUT2D eigenvalue weighted by Gasteiger charge is 2.30. The first-order valence-electron chi connectivity index (χ1n) is 4.73. The maximum atomic E-state index is 11.1. The fraction of sp³-hybridized carbons (Fsp3) is 0.700. The Labute approximate surface area is 83.2 Å². The summed E-state index contributed by atoms with van der Waals surface area (Å²) in [5.74, 6) is -0.481. The molecule has 80 valence electrons. The molecule has 3 atom stereocenters. The molecule has 1 fully saturated rings. The molecule has 4 heteroatoms. The first-order chi connectivity index (χ1) is 6.50. The Kier molecular flexibility index (Phi) is 3.66. The summed E-state index contributed by atoms with van der Waals surface area (Å²) in [6.45, 7) is 5.02. The maximum Gasteiger partial charge on any atom is 0.333 e. The van der Waals surface area contributed by atoms with Crippen molar-refractivity contribution in [2.45, 2.75) is 44.5 Å². The highest BCUT2D eigenvalue weighted by atomic mass is 16.6. The zero-order valence-electron chi connectivity index (χ0n) is 8.27. The maximum absolute atomic E-state index is 11.1. The minimum atomic E-state index is -0.762. The summed E-state index contributed by atoms with van der Waals surface area (Å²) in [5, 5.41) is 18.7. The van der Waals surface area contributed by atoms with Crippen LogP contribution in [0.1, 0.15) is 26.2 Å². The van der Waals surface area contributed by atoms with Crippen molar-refractivity contribution in [3.8, 4) is 0 Å². The zero-order valence-corrected chi connectivity index (χ0v) is 8.27. The Hall–Kier alpha value is -0.870. The molecular formula is C10H16O4. The standard InChI is InChI=1S/C10H16O4/c1-6(2)10(13)14-9-4-3-7(11)5-8(9)12/h7-9,11-12H,1,3-5H2,2H3. The van der Waals surface area contributed by atoms with Crippen LogP contribution in [-0.4, -0.2) is 34.5 Å². The van der Waals surface area contributed by atoms with Crippen LogP contribution in [0.25, 0.3) is 0 Å². The lowest BCUT2D eigenvalue weighted by Crippen LogP contribution is -2.39. The van der Waals surface area contributed by atoms with E-state index in [1.165, 1.54) is 0 Å². The molecule has 1 saturated carbocycles. The number of carbonyl (C=O) groups excluding carboxylic acids is 1. The minimum Gasteiger partial charge on any atom is -0.456 e. The number of ether oxygens (including phenoxy) is 1. The second kappa shape index (κ2) is 4.57. The normalized spacial score (nSPS) is 32.4. The van der Waals surface area contributed by atoms with Gasteiger partial charge in [-0.1, -0.05) is 6.58 Å². The molecule has 0 radical (unpaired) electrons. The lowest BCUT2D eigenvalue weighted by Gasteiger charge is -2.30. The fourth-order valence-corrected chi connectivity index (χ4v) is 1.47. The van der Waals surface area contributed by atoms with E-state index in [2.05, 4.69) is 6.58 Å². The van der Waals surface area contributed by atoms with E-state index < -0.39 is 24.3 Å². The molecule has 0 amide bonds. The minimum absolute atomic E-state index is 0.272. The van der Waals surface area contributed by atoms with Crippen LogP contribution in [0, 0.1) is 0 Å². The van der Waals surface area contributed by atoms with Crippen molar-refractivity contribution < 1.29 is 19.7 Å². The van der Waals surface area contributed by atoms with Crippen LogP contribution in [0.5, 0.6) is 0 Å². The molecule has 1 rings (SSSR count). The molecule has 1 aliphatic carbocycles. The van der Waals surface area contributed by atoms with Crippen molar-refractivity contribution in [1.82, 2.24) is 0 Å². The lowest BCUT2D eigenvalue weighted by atomic mass is 9.92. The van der Waals surface area contributed by atoms with E-state index in [1.54, 1.807) is 6.92 Å². The van der Waals surface area contributed by atoms with Crippen molar-refractivity contribution in [3.05, 3.63) is 12.2 Å². The van der Waals surface area contributed by atoms with E-state index in [1.807, 2.05) is 0 Å². The average Bonchev–Trinajstić information content (AvgIpc) is 2.09. The van der Waals surface area contributed by atoms with Crippen molar-refractivity contribution in [2.75, 3.05) is 0 Å². The van der Waals surface area contributed by atoms with Gasteiger partial charge in [0.2, 0.25) is 0 Å². The first kappa shape index (κ1) is 11.2. The SMILES string of the molecule is C=C(C)C(=O)OC1CCC(O)CC1O. The van der Waals surface area contributed by atoms with Crippen LogP contribution in [0.4, 0.5) is 0 Å². The summed E-state index contributed by atoms with van der Waals surface area (Å²) in [5.41, 5.74) is 0.323. The van der Waals surface area contributed by atoms with Crippen LogP contribution in [0.15, 0.2) is 12.2 Å². The fourth-order valence-electron chi connectivity index (χ4n) is 1.47. The Morgan fingerprint density at radius 1 is 1.43 bits per heavy atom. The van der Waals surface area contributed by atoms with Gasteiger partial charge >= 0.3 is 5.97 Å². The number of rotatable bonds is 2. The van der Waals surface area contributed by atoms with Gasteiger partial charge in [-0.2, -0.15) is 0 Å². The monoisotopic (exact) mass is 200 g/mol. The Morgan fingerprint density at radius 3 is 2.57 bits per heavy atom. The van der Waals surface area contributed by atoms with Crippen LogP contribution < -0.4 is 0 Å². The van der Waals surface area contributed by atoms with E-state index in [9.17, 15) is 15.0 Å². The van der Waals surface area contributed by atoms with Gasteiger partial charge < -0.3 is 14.9 Å². The van der Waals surface area contributed by atoms with Gasteiger partial charge in [-0.3, -0.25) is 0 Å². The van der Waals surface area contributed by atoms with Crippen molar-refractivity contribution in [3.63, 3.8) is 0 Å². The van der Waals surface area contributed by atoms with Crippen molar-refractivity contribution >= 4 is 5.97 Å². The highest BCUT2D eigenvalue weighted by Crippen LogP contribution is 2.22. The summed E-state index contributed by atoms with van der Waals surface area (Å²) < 4.78 is 5.01. The number of aliphatic hydroxyl groups excluding tert-OH is 2. The summed E-state index contributed by atoms with van der Waals surface area (Å²) in [6.07, 6.45) is -0.407. The van der Waals surface area contributed by atoms with Gasteiger partial charge in [0.05, 0.1) is 12.2 Å². The second-order valence-electron chi connectivity index (χ2n) is 3.76. The molecule has 4 nitrogen and oxygen atoms in total. The molecule has 2 N–H and O–H groups in total. The number of hydrogen-bond donors (Lipinski definition) is 2. The predicted octanol–water partition coefficient (Wildman–Crippen LogP) is 0.380. The van der Waals surface area contributed by atoms with Gasteiger partial charge in [0, 0.05) is 12.0 Å². The van der Waals surface area contributed by atoms with Gasteiger partial charge in [-0.25, -0.2) is 4.79 Å². The quantitative estimate of drug-likeness (QED) is 0.499. The summed E-state index contributed by atoms with van der Waals surface area (Å²) in [7, 11) is 0. The third kappa shape index (κ3) is 2.82.